The summed E-state index contributed by atoms with van der Waals surface area (Å²) in [6, 6.07) is 0.324. The average Bonchev–Trinajstić information content (AvgIpc) is 2.63. The molecule has 0 amide bonds. The number of nitrogens with zero attached hydrogens (tertiary/aromatic N) is 1. The van der Waals surface area contributed by atoms with Crippen molar-refractivity contribution in [2.24, 2.45) is 0 Å². The molecule has 19 heavy (non-hydrogen) atoms. The number of hydrogen-bond donors (Lipinski definition) is 2. The lowest BCUT2D eigenvalue weighted by Crippen LogP contribution is -2.27. The maximum atomic E-state index is 12.1. The van der Waals surface area contributed by atoms with Crippen LogP contribution in [0, 0.1) is 13.8 Å². The number of nitrogens with one attached hydrogen (secondary N) is 2. The molecule has 5 heteroatoms. The third kappa shape index (κ3) is 2.93. The molecule has 0 aliphatic rings. The Bertz CT molecular complexity index is 656. The molecule has 0 radical (unpaired) electrons. The number of thiophene rings is 1. The van der Waals surface area contributed by atoms with E-state index in [0.717, 1.165) is 27.1 Å². The zero-order valence-corrected chi connectivity index (χ0v) is 12.4. The number of fused-ring (bicyclic) bond motifs is 1. The van der Waals surface area contributed by atoms with Gasteiger partial charge in [-0.1, -0.05) is 6.08 Å². The summed E-state index contributed by atoms with van der Waals surface area (Å²) >= 11 is 1.58. The van der Waals surface area contributed by atoms with Crippen molar-refractivity contribution < 1.29 is 0 Å². The molecule has 2 rings (SSSR count). The SMILES string of the molecule is C=CCC(C)NCc1nc2sc(C)c(C)c2c(=O)[nH]1. The number of aromatic nitrogens is 2. The summed E-state index contributed by atoms with van der Waals surface area (Å²) in [6.45, 7) is 10.3. The lowest BCUT2D eigenvalue weighted by atomic mass is 10.2. The number of hydrogen-bond acceptors (Lipinski definition) is 4. The Balaban J connectivity index is 2.26. The molecule has 2 N–H and O–H groups in total. The quantitative estimate of drug-likeness (QED) is 0.826. The third-order valence-corrected chi connectivity index (χ3v) is 4.33. The third-order valence-electron chi connectivity index (χ3n) is 3.23. The summed E-state index contributed by atoms with van der Waals surface area (Å²) in [5, 5.41) is 4.04. The highest BCUT2D eigenvalue weighted by molar-refractivity contribution is 7.18. The standard InChI is InChI=1S/C14H19N3OS/c1-5-6-8(2)15-7-11-16-13(18)12-9(3)10(4)19-14(12)17-11/h5,8,15H,1,6-7H2,2-4H3,(H,16,17,18). The normalized spacial score (nSPS) is 12.8. The predicted octanol–water partition coefficient (Wildman–Crippen LogP) is 2.66. The van der Waals surface area contributed by atoms with Crippen LogP contribution in [0.2, 0.25) is 0 Å². The van der Waals surface area contributed by atoms with E-state index in [4.69, 9.17) is 0 Å². The summed E-state index contributed by atoms with van der Waals surface area (Å²) in [5.74, 6) is 0.690. The van der Waals surface area contributed by atoms with Crippen LogP contribution >= 0.6 is 11.3 Å². The molecule has 0 aliphatic heterocycles. The fourth-order valence-electron chi connectivity index (χ4n) is 1.99. The monoisotopic (exact) mass is 277 g/mol. The average molecular weight is 277 g/mol. The Morgan fingerprint density at radius 3 is 2.95 bits per heavy atom. The van der Waals surface area contributed by atoms with Crippen molar-refractivity contribution in [2.75, 3.05) is 0 Å². The van der Waals surface area contributed by atoms with E-state index < -0.39 is 0 Å². The Kier molecular flexibility index (Phi) is 4.17. The van der Waals surface area contributed by atoms with Crippen molar-refractivity contribution in [1.82, 2.24) is 15.3 Å². The molecular formula is C14H19N3OS. The number of aromatic amines is 1. The van der Waals surface area contributed by atoms with E-state index in [9.17, 15) is 4.79 Å². The summed E-state index contributed by atoms with van der Waals surface area (Å²) in [4.78, 5) is 21.4. The second-order valence-electron chi connectivity index (χ2n) is 4.78. The first-order chi connectivity index (χ1) is 9.02. The van der Waals surface area contributed by atoms with Gasteiger partial charge in [-0.05, 0) is 32.8 Å². The molecule has 0 spiro atoms. The lowest BCUT2D eigenvalue weighted by molar-refractivity contribution is 0.541. The van der Waals surface area contributed by atoms with Gasteiger partial charge in [-0.2, -0.15) is 0 Å². The zero-order valence-electron chi connectivity index (χ0n) is 11.5. The predicted molar refractivity (Wildman–Crippen MR) is 80.8 cm³/mol. The second kappa shape index (κ2) is 5.67. The molecule has 0 aromatic carbocycles. The molecule has 1 unspecified atom stereocenters. The van der Waals surface area contributed by atoms with Crippen LogP contribution in [0.4, 0.5) is 0 Å². The van der Waals surface area contributed by atoms with Gasteiger partial charge in [-0.15, -0.1) is 17.9 Å². The van der Waals surface area contributed by atoms with Crippen LogP contribution < -0.4 is 10.9 Å². The van der Waals surface area contributed by atoms with E-state index in [1.54, 1.807) is 11.3 Å². The highest BCUT2D eigenvalue weighted by atomic mass is 32.1. The zero-order chi connectivity index (χ0) is 14.0. The molecule has 0 aliphatic carbocycles. The molecule has 2 aromatic rings. The minimum atomic E-state index is -0.0416. The molecule has 2 heterocycles. The van der Waals surface area contributed by atoms with E-state index in [-0.39, 0.29) is 5.56 Å². The van der Waals surface area contributed by atoms with E-state index >= 15 is 0 Å². The molecule has 1 atom stereocenters. The van der Waals surface area contributed by atoms with Crippen LogP contribution in [-0.2, 0) is 6.54 Å². The Labute approximate surface area is 116 Å². The van der Waals surface area contributed by atoms with Gasteiger partial charge in [0.2, 0.25) is 0 Å². The maximum Gasteiger partial charge on any atom is 0.259 e. The van der Waals surface area contributed by atoms with Gasteiger partial charge in [0.15, 0.2) is 0 Å². The van der Waals surface area contributed by atoms with Gasteiger partial charge in [-0.25, -0.2) is 4.98 Å². The maximum absolute atomic E-state index is 12.1. The van der Waals surface area contributed by atoms with Crippen LogP contribution in [-0.4, -0.2) is 16.0 Å². The largest absolute Gasteiger partial charge is 0.309 e. The fourth-order valence-corrected chi connectivity index (χ4v) is 3.04. The van der Waals surface area contributed by atoms with Crippen LogP contribution in [0.25, 0.3) is 10.2 Å². The van der Waals surface area contributed by atoms with Crippen molar-refractivity contribution in [3.63, 3.8) is 0 Å². The molecule has 0 fully saturated rings. The van der Waals surface area contributed by atoms with Gasteiger partial charge in [0, 0.05) is 10.9 Å². The van der Waals surface area contributed by atoms with Crippen molar-refractivity contribution in [1.29, 1.82) is 0 Å². The summed E-state index contributed by atoms with van der Waals surface area (Å²) < 4.78 is 0. The topological polar surface area (TPSA) is 57.8 Å². The molecule has 102 valence electrons. The minimum absolute atomic E-state index is 0.0416. The van der Waals surface area contributed by atoms with Crippen LogP contribution in [0.15, 0.2) is 17.4 Å². The lowest BCUT2D eigenvalue weighted by Gasteiger charge is -2.10. The van der Waals surface area contributed by atoms with Crippen molar-refractivity contribution in [3.8, 4) is 0 Å². The van der Waals surface area contributed by atoms with E-state index in [1.807, 2.05) is 19.9 Å². The summed E-state index contributed by atoms with van der Waals surface area (Å²) in [6.07, 6.45) is 2.77. The van der Waals surface area contributed by atoms with Crippen LogP contribution in [0.1, 0.15) is 29.6 Å². The van der Waals surface area contributed by atoms with E-state index in [0.29, 0.717) is 18.4 Å². The van der Waals surface area contributed by atoms with Gasteiger partial charge in [0.1, 0.15) is 10.7 Å². The van der Waals surface area contributed by atoms with Crippen molar-refractivity contribution in [2.45, 2.75) is 39.8 Å². The molecule has 2 aromatic heterocycles. The Morgan fingerprint density at radius 2 is 2.26 bits per heavy atom. The van der Waals surface area contributed by atoms with E-state index in [1.165, 1.54) is 0 Å². The van der Waals surface area contributed by atoms with Crippen molar-refractivity contribution in [3.05, 3.63) is 39.3 Å². The minimum Gasteiger partial charge on any atom is -0.309 e. The Morgan fingerprint density at radius 1 is 1.53 bits per heavy atom. The first-order valence-electron chi connectivity index (χ1n) is 6.36. The summed E-state index contributed by atoms with van der Waals surface area (Å²) in [5.41, 5.74) is 0.994. The van der Waals surface area contributed by atoms with Gasteiger partial charge in [-0.3, -0.25) is 4.79 Å². The smallest absolute Gasteiger partial charge is 0.259 e. The van der Waals surface area contributed by atoms with Gasteiger partial charge < -0.3 is 10.3 Å². The van der Waals surface area contributed by atoms with Crippen LogP contribution in [0.5, 0.6) is 0 Å². The van der Waals surface area contributed by atoms with Gasteiger partial charge >= 0.3 is 0 Å². The highest BCUT2D eigenvalue weighted by Gasteiger charge is 2.11. The number of H-pyrrole nitrogens is 1. The van der Waals surface area contributed by atoms with Crippen molar-refractivity contribution >= 4 is 21.6 Å². The first-order valence-corrected chi connectivity index (χ1v) is 7.17. The first kappa shape index (κ1) is 14.0. The van der Waals surface area contributed by atoms with E-state index in [2.05, 4.69) is 28.8 Å². The molecule has 0 saturated carbocycles. The number of rotatable bonds is 5. The summed E-state index contributed by atoms with van der Waals surface area (Å²) in [7, 11) is 0. The fraction of sp³-hybridized carbons (Fsp3) is 0.429. The molecule has 0 bridgehead atoms. The molecule has 0 saturated heterocycles. The molecule has 4 nitrogen and oxygen atoms in total. The Hall–Kier alpha value is -1.46. The molecular weight excluding hydrogens is 258 g/mol. The van der Waals surface area contributed by atoms with Gasteiger partial charge in [0.05, 0.1) is 11.9 Å². The second-order valence-corrected chi connectivity index (χ2v) is 5.99. The van der Waals surface area contributed by atoms with Gasteiger partial charge in [0.25, 0.3) is 5.56 Å². The van der Waals surface area contributed by atoms with Crippen LogP contribution in [0.3, 0.4) is 0 Å². The number of aryl methyl sites for hydroxylation is 2. The highest BCUT2D eigenvalue weighted by Crippen LogP contribution is 2.25.